The number of para-hydroxylation sites is 1. The minimum atomic E-state index is 0.482. The normalized spacial score (nSPS) is 16.0. The lowest BCUT2D eigenvalue weighted by molar-refractivity contribution is 0.669. The quantitative estimate of drug-likeness (QED) is 0.310. The third-order valence-electron chi connectivity index (χ3n) is 6.52. The van der Waals surface area contributed by atoms with Gasteiger partial charge in [-0.25, -0.2) is 0 Å². The molecule has 0 spiro atoms. The van der Waals surface area contributed by atoms with Crippen molar-refractivity contribution in [3.05, 3.63) is 120 Å². The van der Waals surface area contributed by atoms with Crippen molar-refractivity contribution < 1.29 is 4.42 Å². The van der Waals surface area contributed by atoms with Gasteiger partial charge >= 0.3 is 0 Å². The van der Waals surface area contributed by atoms with Crippen LogP contribution in [-0.4, -0.2) is 0 Å². The summed E-state index contributed by atoms with van der Waals surface area (Å²) < 4.78 is 6.04. The molecule has 0 fully saturated rings. The Hall–Kier alpha value is -4.04. The highest BCUT2D eigenvalue weighted by molar-refractivity contribution is 6.12. The summed E-state index contributed by atoms with van der Waals surface area (Å²) >= 11 is 0. The van der Waals surface area contributed by atoms with Crippen molar-refractivity contribution in [1.82, 2.24) is 0 Å². The fourth-order valence-electron chi connectivity index (χ4n) is 4.94. The predicted octanol–water partition coefficient (Wildman–Crippen LogP) is 8.84. The summed E-state index contributed by atoms with van der Waals surface area (Å²) in [6.45, 7) is 2.32. The van der Waals surface area contributed by atoms with E-state index in [1.165, 1.54) is 22.3 Å². The number of hydrogen-bond acceptors (Lipinski definition) is 2. The molecule has 0 bridgehead atoms. The maximum atomic E-state index is 6.04. The van der Waals surface area contributed by atoms with Gasteiger partial charge in [0, 0.05) is 11.1 Å². The molecule has 1 aliphatic carbocycles. The monoisotopic (exact) mass is 427 g/mol. The van der Waals surface area contributed by atoms with Crippen molar-refractivity contribution in [3.63, 3.8) is 0 Å². The topological polar surface area (TPSA) is 25.2 Å². The number of benzene rings is 4. The lowest BCUT2D eigenvalue weighted by Crippen LogP contribution is -2.05. The molecule has 1 aromatic heterocycles. The predicted molar refractivity (Wildman–Crippen MR) is 140 cm³/mol. The van der Waals surface area contributed by atoms with E-state index in [9.17, 15) is 0 Å². The molecule has 33 heavy (non-hydrogen) atoms. The van der Waals surface area contributed by atoms with E-state index in [2.05, 4.69) is 97.2 Å². The van der Waals surface area contributed by atoms with Gasteiger partial charge in [0.25, 0.3) is 0 Å². The summed E-state index contributed by atoms with van der Waals surface area (Å²) in [5, 5.41) is 5.87. The van der Waals surface area contributed by atoms with Crippen LogP contribution < -0.4 is 5.32 Å². The second kappa shape index (κ2) is 8.14. The van der Waals surface area contributed by atoms with Crippen LogP contribution >= 0.6 is 0 Å². The largest absolute Gasteiger partial charge is 0.456 e. The van der Waals surface area contributed by atoms with Crippen LogP contribution in [0.15, 0.2) is 114 Å². The molecule has 0 amide bonds. The minimum absolute atomic E-state index is 0.482. The standard InChI is InChI=1S/C31H25NO/c1-21-9-7-13-25(22-10-3-2-4-11-22)30(21)23-17-19-24(20-18-23)32-27-14-8-16-29-31(27)26-12-5-6-15-28(26)33-29/h2-8,10-21,32H,9H2,1H3. The van der Waals surface area contributed by atoms with Crippen LogP contribution in [0.3, 0.4) is 0 Å². The first-order valence-electron chi connectivity index (χ1n) is 11.5. The molecule has 5 aromatic rings. The maximum absolute atomic E-state index is 6.04. The Bertz CT molecular complexity index is 1500. The van der Waals surface area contributed by atoms with Gasteiger partial charge < -0.3 is 9.73 Å². The molecule has 2 heteroatoms. The van der Waals surface area contributed by atoms with E-state index in [1.54, 1.807) is 0 Å². The summed E-state index contributed by atoms with van der Waals surface area (Å²) in [4.78, 5) is 0. The third kappa shape index (κ3) is 3.54. The highest BCUT2D eigenvalue weighted by atomic mass is 16.3. The molecular formula is C31H25NO. The number of allylic oxidation sites excluding steroid dienone is 4. The molecule has 0 aliphatic heterocycles. The summed E-state index contributed by atoms with van der Waals surface area (Å²) in [6, 6.07) is 33.9. The molecule has 160 valence electrons. The molecule has 1 unspecified atom stereocenters. The lowest BCUT2D eigenvalue weighted by atomic mass is 9.81. The van der Waals surface area contributed by atoms with Crippen molar-refractivity contribution >= 4 is 44.5 Å². The van der Waals surface area contributed by atoms with Gasteiger partial charge in [0.1, 0.15) is 11.2 Å². The van der Waals surface area contributed by atoms with Gasteiger partial charge in [-0.05, 0) is 64.9 Å². The molecule has 1 N–H and O–H groups in total. The average Bonchev–Trinajstić information content (AvgIpc) is 3.25. The van der Waals surface area contributed by atoms with Crippen LogP contribution in [0.5, 0.6) is 0 Å². The number of rotatable bonds is 4. The fraction of sp³-hybridized carbons (Fsp3) is 0.0968. The third-order valence-corrected chi connectivity index (χ3v) is 6.52. The smallest absolute Gasteiger partial charge is 0.137 e. The molecular weight excluding hydrogens is 402 g/mol. The van der Waals surface area contributed by atoms with Crippen LogP contribution in [0.4, 0.5) is 11.4 Å². The van der Waals surface area contributed by atoms with Gasteiger partial charge in [-0.3, -0.25) is 0 Å². The van der Waals surface area contributed by atoms with Crippen LogP contribution in [0, 0.1) is 5.92 Å². The molecule has 0 saturated heterocycles. The summed E-state index contributed by atoms with van der Waals surface area (Å²) in [6.07, 6.45) is 5.64. The zero-order valence-corrected chi connectivity index (χ0v) is 18.6. The van der Waals surface area contributed by atoms with E-state index in [0.717, 1.165) is 39.7 Å². The molecule has 1 atom stereocenters. The highest BCUT2D eigenvalue weighted by Crippen LogP contribution is 2.39. The molecule has 0 saturated carbocycles. The van der Waals surface area contributed by atoms with Crippen LogP contribution in [0.1, 0.15) is 24.5 Å². The van der Waals surface area contributed by atoms with Gasteiger partial charge in [-0.1, -0.05) is 85.8 Å². The van der Waals surface area contributed by atoms with Crippen molar-refractivity contribution in [2.24, 2.45) is 5.92 Å². The van der Waals surface area contributed by atoms with E-state index in [4.69, 9.17) is 4.42 Å². The molecule has 2 nitrogen and oxygen atoms in total. The number of nitrogens with one attached hydrogen (secondary N) is 1. The highest BCUT2D eigenvalue weighted by Gasteiger charge is 2.19. The Morgan fingerprint density at radius 1 is 0.727 bits per heavy atom. The summed E-state index contributed by atoms with van der Waals surface area (Å²) in [5.74, 6) is 0.482. The van der Waals surface area contributed by atoms with E-state index < -0.39 is 0 Å². The first kappa shape index (κ1) is 19.6. The average molecular weight is 428 g/mol. The molecule has 1 aliphatic rings. The van der Waals surface area contributed by atoms with Crippen molar-refractivity contribution in [3.8, 4) is 0 Å². The Morgan fingerprint density at radius 3 is 2.33 bits per heavy atom. The Labute approximate surface area is 193 Å². The van der Waals surface area contributed by atoms with E-state index in [1.807, 2.05) is 24.3 Å². The van der Waals surface area contributed by atoms with Crippen molar-refractivity contribution in [2.45, 2.75) is 13.3 Å². The van der Waals surface area contributed by atoms with Gasteiger partial charge in [-0.15, -0.1) is 0 Å². The Balaban J connectivity index is 1.38. The Kier molecular flexibility index (Phi) is 4.84. The summed E-state index contributed by atoms with van der Waals surface area (Å²) in [5.41, 5.74) is 9.23. The molecule has 1 heterocycles. The zero-order valence-electron chi connectivity index (χ0n) is 18.6. The molecule has 4 aromatic carbocycles. The lowest BCUT2D eigenvalue weighted by Gasteiger charge is -2.23. The maximum Gasteiger partial charge on any atom is 0.137 e. The molecule has 0 radical (unpaired) electrons. The first-order chi connectivity index (χ1) is 16.3. The van der Waals surface area contributed by atoms with Gasteiger partial charge in [0.05, 0.1) is 11.1 Å². The van der Waals surface area contributed by atoms with E-state index in [0.29, 0.717) is 5.92 Å². The van der Waals surface area contributed by atoms with E-state index >= 15 is 0 Å². The SMILES string of the molecule is CC1CC=CC(c2ccccc2)=C1c1ccc(Nc2cccc3oc4ccccc4c23)cc1. The number of fused-ring (bicyclic) bond motifs is 3. The van der Waals surface area contributed by atoms with Crippen LogP contribution in [0.2, 0.25) is 0 Å². The van der Waals surface area contributed by atoms with Gasteiger partial charge in [0.15, 0.2) is 0 Å². The second-order valence-corrected chi connectivity index (χ2v) is 8.71. The number of hydrogen-bond donors (Lipinski definition) is 1. The van der Waals surface area contributed by atoms with Crippen molar-refractivity contribution in [1.29, 1.82) is 0 Å². The zero-order chi connectivity index (χ0) is 22.2. The van der Waals surface area contributed by atoms with Crippen molar-refractivity contribution in [2.75, 3.05) is 5.32 Å². The second-order valence-electron chi connectivity index (χ2n) is 8.71. The first-order valence-corrected chi connectivity index (χ1v) is 11.5. The van der Waals surface area contributed by atoms with Gasteiger partial charge in [-0.2, -0.15) is 0 Å². The fourth-order valence-corrected chi connectivity index (χ4v) is 4.94. The van der Waals surface area contributed by atoms with Gasteiger partial charge in [0.2, 0.25) is 0 Å². The minimum Gasteiger partial charge on any atom is -0.456 e. The number of anilines is 2. The van der Waals surface area contributed by atoms with E-state index in [-0.39, 0.29) is 0 Å². The van der Waals surface area contributed by atoms with Crippen LogP contribution in [-0.2, 0) is 0 Å². The number of furan rings is 1. The Morgan fingerprint density at radius 2 is 1.48 bits per heavy atom. The van der Waals surface area contributed by atoms with Crippen LogP contribution in [0.25, 0.3) is 33.1 Å². The molecule has 6 rings (SSSR count). The summed E-state index contributed by atoms with van der Waals surface area (Å²) in [7, 11) is 0.